The normalized spacial score (nSPS) is 33.6. The van der Waals surface area contributed by atoms with Crippen LogP contribution in [0.25, 0.3) is 0 Å². The average Bonchev–Trinajstić information content (AvgIpc) is 2.15. The van der Waals surface area contributed by atoms with Gasteiger partial charge in [0.15, 0.2) is 0 Å². The molecule has 0 spiro atoms. The van der Waals surface area contributed by atoms with E-state index in [9.17, 15) is 8.78 Å². The van der Waals surface area contributed by atoms with E-state index in [-0.39, 0.29) is 6.42 Å². The standard InChI is InChI=1S/C8H14F2/c1-6-3-2-4-7(6)5-8(9)10/h6-8H,2-5H2,1H3. The molecule has 0 N–H and O–H groups in total. The predicted octanol–water partition coefficient (Wildman–Crippen LogP) is 3.08. The van der Waals surface area contributed by atoms with Gasteiger partial charge in [0.1, 0.15) is 0 Å². The van der Waals surface area contributed by atoms with Crippen molar-refractivity contribution in [3.63, 3.8) is 0 Å². The molecule has 0 aromatic heterocycles. The first kappa shape index (κ1) is 7.96. The third-order valence-electron chi connectivity index (χ3n) is 2.52. The molecule has 2 unspecified atom stereocenters. The summed E-state index contributed by atoms with van der Waals surface area (Å²) in [6.07, 6.45) is 1.35. The van der Waals surface area contributed by atoms with E-state index in [1.165, 1.54) is 0 Å². The summed E-state index contributed by atoms with van der Waals surface area (Å²) in [7, 11) is 0. The molecule has 0 saturated heterocycles. The number of halogens is 2. The minimum atomic E-state index is -2.09. The fourth-order valence-electron chi connectivity index (χ4n) is 1.80. The third-order valence-corrected chi connectivity index (χ3v) is 2.52. The molecule has 0 bridgehead atoms. The van der Waals surface area contributed by atoms with Gasteiger partial charge in [-0.25, -0.2) is 8.78 Å². The zero-order chi connectivity index (χ0) is 7.56. The monoisotopic (exact) mass is 148 g/mol. The smallest absolute Gasteiger partial charge is 0.211 e. The summed E-state index contributed by atoms with van der Waals surface area (Å²) >= 11 is 0. The second-order valence-electron chi connectivity index (χ2n) is 3.30. The molecule has 1 fully saturated rings. The minimum Gasteiger partial charge on any atom is -0.211 e. The first-order valence-corrected chi connectivity index (χ1v) is 3.98. The van der Waals surface area contributed by atoms with Gasteiger partial charge in [-0.2, -0.15) is 0 Å². The lowest BCUT2D eigenvalue weighted by atomic mass is 9.95. The van der Waals surface area contributed by atoms with Gasteiger partial charge in [-0.3, -0.25) is 0 Å². The molecule has 0 aromatic rings. The van der Waals surface area contributed by atoms with Crippen LogP contribution in [-0.4, -0.2) is 6.43 Å². The van der Waals surface area contributed by atoms with Gasteiger partial charge in [-0.1, -0.05) is 19.8 Å². The fraction of sp³-hybridized carbons (Fsp3) is 1.00. The Morgan fingerprint density at radius 1 is 1.40 bits per heavy atom. The van der Waals surface area contributed by atoms with Gasteiger partial charge >= 0.3 is 0 Å². The van der Waals surface area contributed by atoms with E-state index in [0.29, 0.717) is 11.8 Å². The van der Waals surface area contributed by atoms with E-state index in [4.69, 9.17) is 0 Å². The Labute approximate surface area is 60.6 Å². The SMILES string of the molecule is CC1CCCC1CC(F)F. The van der Waals surface area contributed by atoms with Crippen molar-refractivity contribution < 1.29 is 8.78 Å². The Balaban J connectivity index is 2.26. The molecule has 2 atom stereocenters. The van der Waals surface area contributed by atoms with Crippen LogP contribution in [0.3, 0.4) is 0 Å². The van der Waals surface area contributed by atoms with Crippen LogP contribution in [0, 0.1) is 11.8 Å². The fourth-order valence-corrected chi connectivity index (χ4v) is 1.80. The molecule has 0 aliphatic heterocycles. The highest BCUT2D eigenvalue weighted by Crippen LogP contribution is 2.34. The first-order chi connectivity index (χ1) is 4.70. The van der Waals surface area contributed by atoms with Gasteiger partial charge < -0.3 is 0 Å². The molecule has 0 radical (unpaired) electrons. The first-order valence-electron chi connectivity index (χ1n) is 3.98. The average molecular weight is 148 g/mol. The summed E-state index contributed by atoms with van der Waals surface area (Å²) in [6.45, 7) is 2.08. The van der Waals surface area contributed by atoms with Crippen molar-refractivity contribution >= 4 is 0 Å². The Bertz CT molecular complexity index is 101. The molecule has 10 heavy (non-hydrogen) atoms. The van der Waals surface area contributed by atoms with Gasteiger partial charge in [0.2, 0.25) is 6.43 Å². The predicted molar refractivity (Wildman–Crippen MR) is 37.1 cm³/mol. The molecular formula is C8H14F2. The molecule has 1 rings (SSSR count). The van der Waals surface area contributed by atoms with Gasteiger partial charge in [0, 0.05) is 6.42 Å². The molecule has 1 aliphatic rings. The van der Waals surface area contributed by atoms with Crippen LogP contribution in [0.5, 0.6) is 0 Å². The lowest BCUT2D eigenvalue weighted by Crippen LogP contribution is -2.08. The maximum Gasteiger partial charge on any atom is 0.238 e. The molecule has 1 aliphatic carbocycles. The summed E-state index contributed by atoms with van der Waals surface area (Å²) in [5.41, 5.74) is 0. The van der Waals surface area contributed by atoms with Gasteiger partial charge in [-0.05, 0) is 18.3 Å². The highest BCUT2D eigenvalue weighted by molar-refractivity contribution is 4.74. The number of alkyl halides is 2. The van der Waals surface area contributed by atoms with Crippen LogP contribution in [0.4, 0.5) is 8.78 Å². The van der Waals surface area contributed by atoms with Crippen molar-refractivity contribution in [1.82, 2.24) is 0 Å². The lowest BCUT2D eigenvalue weighted by Gasteiger charge is -2.13. The summed E-state index contributed by atoms with van der Waals surface area (Å²) < 4.78 is 23.7. The van der Waals surface area contributed by atoms with Crippen molar-refractivity contribution in [3.8, 4) is 0 Å². The van der Waals surface area contributed by atoms with Crippen LogP contribution in [-0.2, 0) is 0 Å². The molecule has 0 amide bonds. The van der Waals surface area contributed by atoms with E-state index in [1.807, 2.05) is 0 Å². The van der Waals surface area contributed by atoms with Crippen LogP contribution < -0.4 is 0 Å². The summed E-state index contributed by atoms with van der Waals surface area (Å²) in [4.78, 5) is 0. The molecule has 2 heteroatoms. The molecule has 60 valence electrons. The lowest BCUT2D eigenvalue weighted by molar-refractivity contribution is 0.106. The second kappa shape index (κ2) is 3.31. The quantitative estimate of drug-likeness (QED) is 0.564. The Hall–Kier alpha value is -0.140. The highest BCUT2D eigenvalue weighted by atomic mass is 19.3. The van der Waals surface area contributed by atoms with Crippen LogP contribution in [0.1, 0.15) is 32.6 Å². The van der Waals surface area contributed by atoms with E-state index in [2.05, 4.69) is 6.92 Å². The maximum absolute atomic E-state index is 11.9. The third kappa shape index (κ3) is 1.93. The van der Waals surface area contributed by atoms with Crippen molar-refractivity contribution in [3.05, 3.63) is 0 Å². The number of hydrogen-bond acceptors (Lipinski definition) is 0. The van der Waals surface area contributed by atoms with Gasteiger partial charge in [0.05, 0.1) is 0 Å². The second-order valence-corrected chi connectivity index (χ2v) is 3.30. The topological polar surface area (TPSA) is 0 Å². The van der Waals surface area contributed by atoms with Crippen molar-refractivity contribution in [2.24, 2.45) is 11.8 Å². The molecule has 0 nitrogen and oxygen atoms in total. The van der Waals surface area contributed by atoms with Gasteiger partial charge in [-0.15, -0.1) is 0 Å². The van der Waals surface area contributed by atoms with Crippen LogP contribution >= 0.6 is 0 Å². The van der Waals surface area contributed by atoms with Crippen LogP contribution in [0.15, 0.2) is 0 Å². The van der Waals surface area contributed by atoms with Crippen molar-refractivity contribution in [2.45, 2.75) is 39.0 Å². The Kier molecular flexibility index (Phi) is 2.64. The Morgan fingerprint density at radius 3 is 2.50 bits per heavy atom. The molecule has 1 saturated carbocycles. The number of rotatable bonds is 2. The zero-order valence-corrected chi connectivity index (χ0v) is 6.32. The zero-order valence-electron chi connectivity index (χ0n) is 6.32. The summed E-state index contributed by atoms with van der Waals surface area (Å²) in [5, 5.41) is 0. The minimum absolute atomic E-state index is 0.126. The molecular weight excluding hydrogens is 134 g/mol. The van der Waals surface area contributed by atoms with Crippen molar-refractivity contribution in [2.75, 3.05) is 0 Å². The van der Waals surface area contributed by atoms with Crippen molar-refractivity contribution in [1.29, 1.82) is 0 Å². The Morgan fingerprint density at radius 2 is 2.10 bits per heavy atom. The molecule has 0 heterocycles. The largest absolute Gasteiger partial charge is 0.238 e. The summed E-state index contributed by atoms with van der Waals surface area (Å²) in [6, 6.07) is 0. The summed E-state index contributed by atoms with van der Waals surface area (Å²) in [5.74, 6) is 0.842. The highest BCUT2D eigenvalue weighted by Gasteiger charge is 2.25. The number of hydrogen-bond donors (Lipinski definition) is 0. The van der Waals surface area contributed by atoms with Gasteiger partial charge in [0.25, 0.3) is 0 Å². The maximum atomic E-state index is 11.9. The van der Waals surface area contributed by atoms with E-state index in [0.717, 1.165) is 19.3 Å². The van der Waals surface area contributed by atoms with Crippen LogP contribution in [0.2, 0.25) is 0 Å². The van der Waals surface area contributed by atoms with E-state index < -0.39 is 6.43 Å². The molecule has 0 aromatic carbocycles. The van der Waals surface area contributed by atoms with E-state index >= 15 is 0 Å². The van der Waals surface area contributed by atoms with E-state index in [1.54, 1.807) is 0 Å².